The van der Waals surface area contributed by atoms with E-state index in [1.165, 1.54) is 19.1 Å². The van der Waals surface area contributed by atoms with Gasteiger partial charge in [0.2, 0.25) is 6.29 Å². The summed E-state index contributed by atoms with van der Waals surface area (Å²) in [4.78, 5) is 27.2. The maximum Gasteiger partial charge on any atom is 0.334 e. The van der Waals surface area contributed by atoms with Crippen LogP contribution in [0, 0.1) is 5.92 Å². The molecule has 12 atom stereocenters. The molecule has 4 aliphatic rings. The van der Waals surface area contributed by atoms with Gasteiger partial charge in [-0.2, -0.15) is 0 Å². The summed E-state index contributed by atoms with van der Waals surface area (Å²) in [5.41, 5.74) is -3.22. The van der Waals surface area contributed by atoms with Gasteiger partial charge in [-0.15, -0.1) is 6.58 Å². The molecule has 0 radical (unpaired) electrons. The fraction of sp³-hybridized carbons (Fsp3) is 0.657. The van der Waals surface area contributed by atoms with Crippen LogP contribution in [-0.2, 0) is 38.0 Å². The average Bonchev–Trinajstić information content (AvgIpc) is 3.76. The van der Waals surface area contributed by atoms with E-state index in [0.717, 1.165) is 11.8 Å². The predicted octanol–water partition coefficient (Wildman–Crippen LogP) is -0.0450. The van der Waals surface area contributed by atoms with E-state index in [9.17, 15) is 40.2 Å². The van der Waals surface area contributed by atoms with Gasteiger partial charge in [-0.25, -0.2) is 9.59 Å². The molecule has 50 heavy (non-hydrogen) atoms. The highest BCUT2D eigenvalue weighted by molar-refractivity contribution is 5.89. The number of hydrogen-bond acceptors (Lipinski definition) is 15. The van der Waals surface area contributed by atoms with Crippen molar-refractivity contribution in [2.24, 2.45) is 5.92 Å². The molecule has 3 aliphatic heterocycles. The largest absolute Gasteiger partial charge is 0.472 e. The first-order chi connectivity index (χ1) is 23.6. The summed E-state index contributed by atoms with van der Waals surface area (Å²) in [6.07, 6.45) is -1.62. The first kappa shape index (κ1) is 39.8. The number of epoxide rings is 1. The number of hydrogen-bond donors (Lipinski definition) is 7. The highest BCUT2D eigenvalue weighted by Gasteiger charge is 2.84. The Labute approximate surface area is 290 Å². The molecule has 3 heterocycles. The molecule has 0 aromatic heterocycles. The van der Waals surface area contributed by atoms with Crippen molar-refractivity contribution in [2.45, 2.75) is 119 Å². The van der Waals surface area contributed by atoms with Gasteiger partial charge in [0.05, 0.1) is 31.7 Å². The zero-order valence-electron chi connectivity index (χ0n) is 28.7. The second-order valence-corrected chi connectivity index (χ2v) is 13.5. The Kier molecular flexibility index (Phi) is 12.9. The minimum Gasteiger partial charge on any atom is -0.472 e. The molecule has 280 valence electrons. The third-order valence-corrected chi connectivity index (χ3v) is 9.80. The number of aliphatic hydroxyl groups is 7. The summed E-state index contributed by atoms with van der Waals surface area (Å²) in [5, 5.41) is 71.0. The van der Waals surface area contributed by atoms with Crippen molar-refractivity contribution in [2.75, 3.05) is 19.8 Å². The van der Waals surface area contributed by atoms with Crippen molar-refractivity contribution in [3.63, 3.8) is 0 Å². The highest BCUT2D eigenvalue weighted by atomic mass is 16.8. The van der Waals surface area contributed by atoms with Crippen LogP contribution in [0.4, 0.5) is 0 Å². The number of aliphatic hydroxyl groups excluding tert-OH is 6. The van der Waals surface area contributed by atoms with Gasteiger partial charge < -0.3 is 64.2 Å². The number of ether oxygens (including phenoxy) is 6. The van der Waals surface area contributed by atoms with Crippen LogP contribution in [0.25, 0.3) is 0 Å². The van der Waals surface area contributed by atoms with Gasteiger partial charge in [-0.3, -0.25) is 0 Å². The zero-order valence-corrected chi connectivity index (χ0v) is 28.7. The lowest BCUT2D eigenvalue weighted by Crippen LogP contribution is -2.63. The maximum atomic E-state index is 13.7. The Morgan fingerprint density at radius 3 is 2.28 bits per heavy atom. The molecule has 0 amide bonds. The fourth-order valence-electron chi connectivity index (χ4n) is 6.54. The van der Waals surface area contributed by atoms with Crippen LogP contribution in [0.2, 0.25) is 0 Å². The molecule has 2 saturated heterocycles. The molecule has 0 aromatic carbocycles. The Morgan fingerprint density at radius 1 is 0.960 bits per heavy atom. The van der Waals surface area contributed by atoms with Crippen LogP contribution in [-0.4, -0.2) is 134 Å². The monoisotopic (exact) mass is 710 g/mol. The van der Waals surface area contributed by atoms with Crippen molar-refractivity contribution in [1.29, 1.82) is 0 Å². The van der Waals surface area contributed by atoms with E-state index in [2.05, 4.69) is 6.58 Å². The van der Waals surface area contributed by atoms with Gasteiger partial charge in [0, 0.05) is 11.1 Å². The van der Waals surface area contributed by atoms with E-state index >= 15 is 0 Å². The standard InChI is InChI=1S/C35H50O15/c1-6-33(5,44)13-8-11-21(4)30(43)50-34-14-16-45-32(48-31-25(41)24(40)23(39)22(17-37)46-31)26(34)35(18-38)28(49-35)27(34)47-29(42)20(3)10-7-9-19(2)12-15-36/h6,10-12,14,16,22-28,31-32,36-41,44H,1,7-9,13,15,17-18H2,2-5H3/b19-12+,20-10+,21-11+/t22-,23-,24+,25-,26+,27-,28+,31+,32+,33-,34+,35-/m1/s1. The van der Waals surface area contributed by atoms with Gasteiger partial charge in [-0.05, 0) is 59.5 Å². The lowest BCUT2D eigenvalue weighted by Gasteiger charge is -2.46. The Bertz CT molecular complexity index is 1370. The van der Waals surface area contributed by atoms with Crippen LogP contribution in [0.1, 0.15) is 53.4 Å². The van der Waals surface area contributed by atoms with Crippen LogP contribution in [0.3, 0.4) is 0 Å². The lowest BCUT2D eigenvalue weighted by molar-refractivity contribution is -0.350. The van der Waals surface area contributed by atoms with Crippen molar-refractivity contribution in [1.82, 2.24) is 0 Å². The van der Waals surface area contributed by atoms with Crippen molar-refractivity contribution in [3.05, 3.63) is 59.9 Å². The number of fused-ring (bicyclic) bond motifs is 3. The quantitative estimate of drug-likeness (QED) is 0.0482. The molecule has 1 aliphatic carbocycles. The van der Waals surface area contributed by atoms with E-state index in [4.69, 9.17) is 33.5 Å². The molecule has 0 unspecified atom stereocenters. The van der Waals surface area contributed by atoms with E-state index in [-0.39, 0.29) is 24.2 Å². The Balaban J connectivity index is 1.67. The molecule has 7 N–H and O–H groups in total. The first-order valence-electron chi connectivity index (χ1n) is 16.6. The molecule has 15 heteroatoms. The molecule has 0 bridgehead atoms. The third kappa shape index (κ3) is 8.07. The van der Waals surface area contributed by atoms with E-state index in [0.29, 0.717) is 19.3 Å². The summed E-state index contributed by atoms with van der Waals surface area (Å²) in [5.74, 6) is -2.81. The van der Waals surface area contributed by atoms with Gasteiger partial charge in [0.1, 0.15) is 42.0 Å². The summed E-state index contributed by atoms with van der Waals surface area (Å²) < 4.78 is 35.4. The van der Waals surface area contributed by atoms with Crippen LogP contribution in [0.15, 0.2) is 59.9 Å². The number of carbonyl (C=O) groups is 2. The van der Waals surface area contributed by atoms with Gasteiger partial charge >= 0.3 is 11.9 Å². The van der Waals surface area contributed by atoms with Gasteiger partial charge in [-0.1, -0.05) is 29.9 Å². The van der Waals surface area contributed by atoms with Gasteiger partial charge in [0.25, 0.3) is 0 Å². The highest BCUT2D eigenvalue weighted by Crippen LogP contribution is 2.63. The maximum absolute atomic E-state index is 13.7. The summed E-state index contributed by atoms with van der Waals surface area (Å²) >= 11 is 0. The minimum atomic E-state index is -1.86. The Hall–Kier alpha value is -2.96. The molecule has 1 saturated carbocycles. The predicted molar refractivity (Wildman–Crippen MR) is 173 cm³/mol. The fourth-order valence-corrected chi connectivity index (χ4v) is 6.54. The van der Waals surface area contributed by atoms with Crippen molar-refractivity contribution in [3.8, 4) is 0 Å². The molecule has 4 rings (SSSR count). The third-order valence-electron chi connectivity index (χ3n) is 9.80. The smallest absolute Gasteiger partial charge is 0.334 e. The molecular formula is C35H50O15. The second-order valence-electron chi connectivity index (χ2n) is 13.5. The van der Waals surface area contributed by atoms with Crippen molar-refractivity contribution >= 4 is 11.9 Å². The number of rotatable bonds is 16. The summed E-state index contributed by atoms with van der Waals surface area (Å²) in [6, 6.07) is 0. The van der Waals surface area contributed by atoms with Crippen molar-refractivity contribution < 1.29 is 73.8 Å². The summed E-state index contributed by atoms with van der Waals surface area (Å²) in [7, 11) is 0. The zero-order chi connectivity index (χ0) is 37.0. The SMILES string of the molecule is C=C[C@@](C)(O)CC/C=C(\C)C(=O)O[C@@]12C=CO[C@@H](O[C@@H]3O[C@H](CO)[C@@H](O)[C@H](O)[C@H]3O)[C@@H]1[C@@]1(CO)O[C@H]1[C@H]2OC(=O)/C(C)=C/CC/C(C)=C/CO. The van der Waals surface area contributed by atoms with Gasteiger partial charge in [0.15, 0.2) is 18.0 Å². The van der Waals surface area contributed by atoms with E-state index < -0.39 is 97.1 Å². The van der Waals surface area contributed by atoms with E-state index in [1.54, 1.807) is 32.1 Å². The lowest BCUT2D eigenvalue weighted by atomic mass is 9.81. The van der Waals surface area contributed by atoms with Crippen LogP contribution in [0.5, 0.6) is 0 Å². The molecule has 3 fully saturated rings. The Morgan fingerprint density at radius 2 is 1.64 bits per heavy atom. The minimum absolute atomic E-state index is 0.100. The molecular weight excluding hydrogens is 660 g/mol. The number of allylic oxidation sites excluding steroid dienone is 3. The topological polar surface area (TPSA) is 234 Å². The number of esters is 2. The molecule has 15 nitrogen and oxygen atoms in total. The van der Waals surface area contributed by atoms with Crippen LogP contribution >= 0.6 is 0 Å². The average molecular weight is 711 g/mol. The van der Waals surface area contributed by atoms with Crippen LogP contribution < -0.4 is 0 Å². The molecule has 0 spiro atoms. The normalized spacial score (nSPS) is 38.0. The van der Waals surface area contributed by atoms with E-state index in [1.807, 2.05) is 6.92 Å². The molecule has 0 aromatic rings. The summed E-state index contributed by atoms with van der Waals surface area (Å²) in [6.45, 7) is 8.63. The number of carbonyl (C=O) groups excluding carboxylic acids is 2. The first-order valence-corrected chi connectivity index (χ1v) is 16.6. The second kappa shape index (κ2) is 16.2.